The summed E-state index contributed by atoms with van der Waals surface area (Å²) in [5, 5.41) is 5.69. The van der Waals surface area contributed by atoms with Crippen LogP contribution in [0.1, 0.15) is 47.2 Å². The second-order valence-corrected chi connectivity index (χ2v) is 8.10. The number of hydrogen-bond donors (Lipinski definition) is 2. The summed E-state index contributed by atoms with van der Waals surface area (Å²) in [6, 6.07) is 4.65. The van der Waals surface area contributed by atoms with Crippen LogP contribution in [0, 0.1) is 5.92 Å². The standard InChI is InChI=1S/C21H20ClF6N3O/c22-17-7-3-13(20(23,24)25)9-16(17)19(32)31-15-5-1-12(2-6-15)10-29-18-8-4-14(11-30-18)21(26,27)28/h3-4,7-9,11-12,15H,1-2,5-6,10H2,(H,29,30)(H,31,32)/t12-,15-. The van der Waals surface area contributed by atoms with Crippen LogP contribution in [0.25, 0.3) is 0 Å². The molecule has 0 atom stereocenters. The predicted octanol–water partition coefficient (Wildman–Crippen LogP) is 6.17. The fraction of sp³-hybridized carbons (Fsp3) is 0.429. The summed E-state index contributed by atoms with van der Waals surface area (Å²) in [4.78, 5) is 16.2. The van der Waals surface area contributed by atoms with E-state index >= 15 is 0 Å². The van der Waals surface area contributed by atoms with E-state index in [0.29, 0.717) is 25.2 Å². The molecule has 2 aromatic rings. The molecule has 3 rings (SSSR count). The highest BCUT2D eigenvalue weighted by Gasteiger charge is 2.32. The fourth-order valence-corrected chi connectivity index (χ4v) is 3.77. The minimum atomic E-state index is -4.58. The number of benzene rings is 1. The van der Waals surface area contributed by atoms with Crippen molar-refractivity contribution in [3.05, 3.63) is 58.2 Å². The Morgan fingerprint density at radius 2 is 1.59 bits per heavy atom. The molecular formula is C21H20ClF6N3O. The molecule has 0 unspecified atom stereocenters. The molecule has 1 heterocycles. The summed E-state index contributed by atoms with van der Waals surface area (Å²) >= 11 is 5.91. The summed E-state index contributed by atoms with van der Waals surface area (Å²) < 4.78 is 76.4. The van der Waals surface area contributed by atoms with E-state index in [1.165, 1.54) is 6.07 Å². The quantitative estimate of drug-likeness (QED) is 0.504. The third-order valence-corrected chi connectivity index (χ3v) is 5.71. The lowest BCUT2D eigenvalue weighted by molar-refractivity contribution is -0.138. The highest BCUT2D eigenvalue weighted by Crippen LogP contribution is 2.32. The molecule has 0 spiro atoms. The van der Waals surface area contributed by atoms with Gasteiger partial charge in [0.05, 0.1) is 21.7 Å². The largest absolute Gasteiger partial charge is 0.417 e. The van der Waals surface area contributed by atoms with Gasteiger partial charge in [-0.3, -0.25) is 4.79 Å². The number of hydrogen-bond acceptors (Lipinski definition) is 3. The number of amides is 1. The van der Waals surface area contributed by atoms with E-state index in [9.17, 15) is 31.1 Å². The lowest BCUT2D eigenvalue weighted by Crippen LogP contribution is -2.38. The molecule has 0 saturated heterocycles. The number of nitrogens with one attached hydrogen (secondary N) is 2. The van der Waals surface area contributed by atoms with Gasteiger partial charge < -0.3 is 10.6 Å². The summed E-state index contributed by atoms with van der Waals surface area (Å²) in [6.45, 7) is 0.512. The normalized spacial score (nSPS) is 19.5. The Bertz CT molecular complexity index is 938. The molecule has 11 heteroatoms. The summed E-state index contributed by atoms with van der Waals surface area (Å²) in [6.07, 6.45) is -5.54. The van der Waals surface area contributed by atoms with E-state index < -0.39 is 29.4 Å². The maximum absolute atomic E-state index is 12.9. The summed E-state index contributed by atoms with van der Waals surface area (Å²) in [5.41, 5.74) is -1.99. The molecule has 1 aliphatic carbocycles. The zero-order valence-corrected chi connectivity index (χ0v) is 17.4. The minimum Gasteiger partial charge on any atom is -0.370 e. The SMILES string of the molecule is O=C(N[C@H]1CC[C@H](CNc2ccc(C(F)(F)F)cn2)CC1)c1cc(C(F)(F)F)ccc1Cl. The smallest absolute Gasteiger partial charge is 0.370 e. The van der Waals surface area contributed by atoms with Crippen molar-refractivity contribution in [1.82, 2.24) is 10.3 Å². The number of carbonyl (C=O) groups is 1. The van der Waals surface area contributed by atoms with Crippen molar-refractivity contribution in [2.45, 2.75) is 44.1 Å². The van der Waals surface area contributed by atoms with Crippen molar-refractivity contribution in [2.75, 3.05) is 11.9 Å². The van der Waals surface area contributed by atoms with Crippen LogP contribution in [0.15, 0.2) is 36.5 Å². The van der Waals surface area contributed by atoms with E-state index in [0.717, 1.165) is 43.3 Å². The van der Waals surface area contributed by atoms with Gasteiger partial charge in [0.25, 0.3) is 5.91 Å². The molecule has 2 N–H and O–H groups in total. The van der Waals surface area contributed by atoms with E-state index in [-0.39, 0.29) is 22.5 Å². The van der Waals surface area contributed by atoms with Gasteiger partial charge in [0.2, 0.25) is 0 Å². The van der Waals surface area contributed by atoms with Gasteiger partial charge in [-0.25, -0.2) is 4.98 Å². The van der Waals surface area contributed by atoms with Crippen LogP contribution in [0.5, 0.6) is 0 Å². The van der Waals surface area contributed by atoms with Gasteiger partial charge in [0.15, 0.2) is 0 Å². The Kier molecular flexibility index (Phi) is 7.22. The predicted molar refractivity (Wildman–Crippen MR) is 107 cm³/mol. The zero-order valence-electron chi connectivity index (χ0n) is 16.7. The third kappa shape index (κ3) is 6.27. The molecule has 0 bridgehead atoms. The first-order valence-corrected chi connectivity index (χ1v) is 10.3. The van der Waals surface area contributed by atoms with Crippen LogP contribution < -0.4 is 10.6 Å². The third-order valence-electron chi connectivity index (χ3n) is 5.38. The molecule has 1 saturated carbocycles. The first-order valence-electron chi connectivity index (χ1n) is 9.88. The van der Waals surface area contributed by atoms with Gasteiger partial charge in [0.1, 0.15) is 5.82 Å². The molecular weight excluding hydrogens is 460 g/mol. The number of alkyl halides is 6. The van der Waals surface area contributed by atoms with Crippen LogP contribution in [0.2, 0.25) is 5.02 Å². The summed E-state index contributed by atoms with van der Waals surface area (Å²) in [5.74, 6) is -0.0892. The highest BCUT2D eigenvalue weighted by molar-refractivity contribution is 6.33. The van der Waals surface area contributed by atoms with E-state index in [1.54, 1.807) is 0 Å². The maximum atomic E-state index is 12.9. The van der Waals surface area contributed by atoms with Crippen molar-refractivity contribution < 1.29 is 31.1 Å². The van der Waals surface area contributed by atoms with Gasteiger partial charge in [0, 0.05) is 18.8 Å². The van der Waals surface area contributed by atoms with Gasteiger partial charge >= 0.3 is 12.4 Å². The average molecular weight is 480 g/mol. The Labute approximate surface area is 185 Å². The number of anilines is 1. The Morgan fingerprint density at radius 3 is 2.16 bits per heavy atom. The molecule has 1 aromatic carbocycles. The van der Waals surface area contributed by atoms with Crippen LogP contribution in [-0.4, -0.2) is 23.5 Å². The number of nitrogens with zero attached hydrogens (tertiary/aromatic N) is 1. The Balaban J connectivity index is 1.48. The molecule has 1 fully saturated rings. The van der Waals surface area contributed by atoms with Gasteiger partial charge in [-0.1, -0.05) is 11.6 Å². The van der Waals surface area contributed by atoms with Crippen LogP contribution >= 0.6 is 11.6 Å². The fourth-order valence-electron chi connectivity index (χ4n) is 3.56. The molecule has 1 aromatic heterocycles. The lowest BCUT2D eigenvalue weighted by atomic mass is 9.86. The topological polar surface area (TPSA) is 54.0 Å². The summed E-state index contributed by atoms with van der Waals surface area (Å²) in [7, 11) is 0. The van der Waals surface area contributed by atoms with Crippen molar-refractivity contribution in [2.24, 2.45) is 5.92 Å². The van der Waals surface area contributed by atoms with E-state index in [2.05, 4.69) is 15.6 Å². The number of aromatic nitrogens is 1. The van der Waals surface area contributed by atoms with Crippen molar-refractivity contribution in [3.63, 3.8) is 0 Å². The average Bonchev–Trinajstić information content (AvgIpc) is 2.72. The molecule has 174 valence electrons. The van der Waals surface area contributed by atoms with Gasteiger partial charge in [-0.05, 0) is 61.9 Å². The Morgan fingerprint density at radius 1 is 0.969 bits per heavy atom. The van der Waals surface area contributed by atoms with Crippen molar-refractivity contribution in [1.29, 1.82) is 0 Å². The molecule has 1 aliphatic rings. The number of halogens is 7. The zero-order chi connectivity index (χ0) is 23.5. The molecule has 0 aliphatic heterocycles. The molecule has 0 radical (unpaired) electrons. The first-order chi connectivity index (χ1) is 14.9. The number of carbonyl (C=O) groups excluding carboxylic acids is 1. The lowest BCUT2D eigenvalue weighted by Gasteiger charge is -2.29. The van der Waals surface area contributed by atoms with E-state index in [1.807, 2.05) is 0 Å². The number of rotatable bonds is 5. The van der Waals surface area contributed by atoms with Crippen molar-refractivity contribution in [3.8, 4) is 0 Å². The highest BCUT2D eigenvalue weighted by atomic mass is 35.5. The van der Waals surface area contributed by atoms with Crippen LogP contribution in [0.3, 0.4) is 0 Å². The van der Waals surface area contributed by atoms with Crippen molar-refractivity contribution >= 4 is 23.3 Å². The maximum Gasteiger partial charge on any atom is 0.417 e. The molecule has 32 heavy (non-hydrogen) atoms. The second-order valence-electron chi connectivity index (χ2n) is 7.69. The number of pyridine rings is 1. The monoisotopic (exact) mass is 479 g/mol. The van der Waals surface area contributed by atoms with Gasteiger partial charge in [-0.2, -0.15) is 26.3 Å². The molecule has 4 nitrogen and oxygen atoms in total. The van der Waals surface area contributed by atoms with E-state index in [4.69, 9.17) is 11.6 Å². The Hall–Kier alpha value is -2.49. The first kappa shape index (κ1) is 24.2. The second kappa shape index (κ2) is 9.56. The molecule has 1 amide bonds. The van der Waals surface area contributed by atoms with Gasteiger partial charge in [-0.15, -0.1) is 0 Å². The van der Waals surface area contributed by atoms with Crippen LogP contribution in [-0.2, 0) is 12.4 Å². The minimum absolute atomic E-state index is 0.0579. The van der Waals surface area contributed by atoms with Crippen LogP contribution in [0.4, 0.5) is 32.2 Å².